The minimum atomic E-state index is -0.465. The van der Waals surface area contributed by atoms with Gasteiger partial charge in [0.25, 0.3) is 0 Å². The molecule has 4 aliphatic rings. The van der Waals surface area contributed by atoms with Crippen molar-refractivity contribution in [1.82, 2.24) is 45.0 Å². The number of piperidine rings is 1. The van der Waals surface area contributed by atoms with E-state index in [4.69, 9.17) is 0 Å². The van der Waals surface area contributed by atoms with E-state index in [2.05, 4.69) is 82.2 Å². The van der Waals surface area contributed by atoms with Gasteiger partial charge in [0.15, 0.2) is 11.5 Å². The van der Waals surface area contributed by atoms with Gasteiger partial charge in [0, 0.05) is 60.8 Å². The summed E-state index contributed by atoms with van der Waals surface area (Å²) in [6, 6.07) is 17.0. The first kappa shape index (κ1) is 36.4. The van der Waals surface area contributed by atoms with Crippen molar-refractivity contribution in [2.75, 3.05) is 29.9 Å². The van der Waals surface area contributed by atoms with Gasteiger partial charge in [-0.15, -0.1) is 5.10 Å². The monoisotopic (exact) mass is 763 g/mol. The van der Waals surface area contributed by atoms with Crippen molar-refractivity contribution in [2.24, 2.45) is 5.92 Å². The third-order valence-electron chi connectivity index (χ3n) is 12.6. The van der Waals surface area contributed by atoms with E-state index in [0.717, 1.165) is 49.1 Å². The van der Waals surface area contributed by atoms with Crippen LogP contribution in [0.4, 0.5) is 11.4 Å². The van der Waals surface area contributed by atoms with Gasteiger partial charge in [0.2, 0.25) is 11.8 Å². The number of amides is 2. The smallest absolute Gasteiger partial charge is 0.234 e. The summed E-state index contributed by atoms with van der Waals surface area (Å²) >= 11 is 0. The Morgan fingerprint density at radius 1 is 0.947 bits per heavy atom. The lowest BCUT2D eigenvalue weighted by molar-refractivity contribution is -0.134. The molecule has 1 unspecified atom stereocenters. The Hall–Kier alpha value is -6.19. The minimum Gasteiger partial charge on any atom is -0.368 e. The highest BCUT2D eigenvalue weighted by Crippen LogP contribution is 2.39. The molecule has 290 valence electrons. The Morgan fingerprint density at radius 3 is 2.56 bits per heavy atom. The number of nitrogens with one attached hydrogen (secondary N) is 2. The molecule has 2 amide bonds. The number of rotatable bonds is 10. The van der Waals surface area contributed by atoms with Crippen molar-refractivity contribution in [3.05, 3.63) is 78.0 Å². The molecular formula is C42H45N13O2. The van der Waals surface area contributed by atoms with Crippen LogP contribution in [0.5, 0.6) is 0 Å². The third-order valence-corrected chi connectivity index (χ3v) is 12.6. The topological polar surface area (TPSA) is 187 Å². The van der Waals surface area contributed by atoms with Gasteiger partial charge in [0.1, 0.15) is 17.8 Å². The zero-order chi connectivity index (χ0) is 39.0. The normalized spacial score (nSPS) is 24.2. The second-order valence-corrected chi connectivity index (χ2v) is 16.0. The maximum Gasteiger partial charge on any atom is 0.234 e. The van der Waals surface area contributed by atoms with Gasteiger partial charge < -0.3 is 10.2 Å². The number of imide groups is 1. The summed E-state index contributed by atoms with van der Waals surface area (Å²) in [6.07, 6.45) is 15.9. The van der Waals surface area contributed by atoms with Crippen molar-refractivity contribution >= 4 is 34.2 Å². The maximum absolute atomic E-state index is 12.4. The van der Waals surface area contributed by atoms with E-state index in [9.17, 15) is 20.1 Å². The molecule has 0 radical (unpaired) electrons. The van der Waals surface area contributed by atoms with Crippen molar-refractivity contribution < 1.29 is 9.59 Å². The molecule has 1 aliphatic carbocycles. The summed E-state index contributed by atoms with van der Waals surface area (Å²) in [5, 5.41) is 39.0. The van der Waals surface area contributed by atoms with Crippen molar-refractivity contribution in [3.63, 3.8) is 0 Å². The average Bonchev–Trinajstić information content (AvgIpc) is 4.06. The highest BCUT2D eigenvalue weighted by molar-refractivity contribution is 6.01. The zero-order valence-electron chi connectivity index (χ0n) is 32.0. The maximum atomic E-state index is 12.4. The van der Waals surface area contributed by atoms with Crippen LogP contribution >= 0.6 is 0 Å². The van der Waals surface area contributed by atoms with E-state index in [-0.39, 0.29) is 17.7 Å². The molecule has 3 aliphatic heterocycles. The van der Waals surface area contributed by atoms with Gasteiger partial charge in [-0.3, -0.25) is 19.8 Å². The number of carbonyl (C=O) groups is 2. The number of carbonyl (C=O) groups excluding carboxylic acids is 2. The number of anilines is 2. The molecule has 4 atom stereocenters. The fourth-order valence-corrected chi connectivity index (χ4v) is 9.53. The molecular weight excluding hydrogens is 719 g/mol. The predicted octanol–water partition coefficient (Wildman–Crippen LogP) is 5.13. The lowest BCUT2D eigenvalue weighted by Gasteiger charge is -2.30. The van der Waals surface area contributed by atoms with Crippen LogP contribution in [0.1, 0.15) is 93.4 Å². The molecule has 0 bridgehead atoms. The summed E-state index contributed by atoms with van der Waals surface area (Å²) in [5.74, 6) is 0.955. The van der Waals surface area contributed by atoms with E-state index in [1.165, 1.54) is 44.0 Å². The Bertz CT molecular complexity index is 2380. The van der Waals surface area contributed by atoms with Gasteiger partial charge >= 0.3 is 0 Å². The minimum absolute atomic E-state index is 0.178. The highest BCUT2D eigenvalue weighted by Gasteiger charge is 2.42. The second-order valence-electron chi connectivity index (χ2n) is 16.0. The van der Waals surface area contributed by atoms with Crippen LogP contribution in [0.25, 0.3) is 22.5 Å². The molecule has 1 saturated carbocycles. The van der Waals surface area contributed by atoms with Gasteiger partial charge in [0.05, 0.1) is 47.5 Å². The number of aromatic nitrogens is 7. The molecule has 57 heavy (non-hydrogen) atoms. The Kier molecular flexibility index (Phi) is 9.84. The van der Waals surface area contributed by atoms with Crippen LogP contribution in [0.15, 0.2) is 61.2 Å². The molecule has 3 saturated heterocycles. The summed E-state index contributed by atoms with van der Waals surface area (Å²) < 4.78 is 3.36. The number of nitrogens with zero attached hydrogens (tertiary/aromatic N) is 11. The lowest BCUT2D eigenvalue weighted by Crippen LogP contribution is -2.39. The van der Waals surface area contributed by atoms with Gasteiger partial charge in [-0.05, 0) is 94.5 Å². The zero-order valence-corrected chi connectivity index (χ0v) is 32.0. The SMILES string of the molecule is C[C@H](C#N)Nc1cc(-n2ncc3cc(C#N)cnc32)ncc1-n1cc(C2CCC(CCN3CC[C@H]4[C@@H]3CCN4c3ccc(C4CCC(=O)NC4=O)cc3)CC2)nn1. The highest BCUT2D eigenvalue weighted by atomic mass is 16.2. The first-order valence-electron chi connectivity index (χ1n) is 20.1. The summed E-state index contributed by atoms with van der Waals surface area (Å²) in [4.78, 5) is 38.4. The third kappa shape index (κ3) is 7.19. The number of benzene rings is 1. The molecule has 15 nitrogen and oxygen atoms in total. The number of hydrogen-bond acceptors (Lipinski definition) is 12. The largest absolute Gasteiger partial charge is 0.368 e. The Labute approximate surface area is 330 Å². The molecule has 5 aromatic rings. The molecule has 1 aromatic carbocycles. The summed E-state index contributed by atoms with van der Waals surface area (Å²) in [7, 11) is 0. The van der Waals surface area contributed by atoms with Gasteiger partial charge in [-0.1, -0.05) is 17.3 Å². The predicted molar refractivity (Wildman–Crippen MR) is 212 cm³/mol. The first-order valence-corrected chi connectivity index (χ1v) is 20.1. The van der Waals surface area contributed by atoms with E-state index < -0.39 is 6.04 Å². The van der Waals surface area contributed by atoms with Crippen LogP contribution in [0.2, 0.25) is 0 Å². The lowest BCUT2D eigenvalue weighted by atomic mass is 9.79. The molecule has 0 spiro atoms. The first-order chi connectivity index (χ1) is 27.8. The van der Waals surface area contributed by atoms with Crippen LogP contribution in [-0.4, -0.2) is 89.2 Å². The molecule has 9 rings (SSSR count). The number of hydrogen-bond donors (Lipinski definition) is 2. The standard InChI is InChI=1S/C42H45N13O2/c1-26(20-43)48-34-19-39(55-41-31(23-47-55)18-28(21-44)22-46-41)45-24-38(34)54-25-35(50-51-54)30-4-2-27(3-5-30)12-15-52-16-13-37-36(52)14-17-53(37)32-8-6-29(7-9-32)33-10-11-40(56)49-42(33)57/h6-9,18-19,22-27,30,33,36-37H,2-5,10-17H2,1H3,(H,45,48)(H,49,56,57)/t26-,27?,30?,33?,36+,37+/m1/s1. The van der Waals surface area contributed by atoms with Crippen LogP contribution in [-0.2, 0) is 9.59 Å². The number of likely N-dealkylation sites (tertiary alicyclic amines) is 1. The van der Waals surface area contributed by atoms with Crippen molar-refractivity contribution in [1.29, 1.82) is 10.5 Å². The van der Waals surface area contributed by atoms with Crippen LogP contribution < -0.4 is 15.5 Å². The van der Waals surface area contributed by atoms with E-state index in [0.29, 0.717) is 65.2 Å². The molecule has 2 N–H and O–H groups in total. The van der Waals surface area contributed by atoms with Crippen LogP contribution in [0, 0.1) is 28.6 Å². The quantitative estimate of drug-likeness (QED) is 0.179. The summed E-state index contributed by atoms with van der Waals surface area (Å²) in [5.41, 5.74) is 5.58. The van der Waals surface area contributed by atoms with E-state index in [1.54, 1.807) is 34.7 Å². The Balaban J connectivity index is 0.797. The van der Waals surface area contributed by atoms with Crippen molar-refractivity contribution in [2.45, 2.75) is 94.7 Å². The Morgan fingerprint density at radius 2 is 1.77 bits per heavy atom. The fourth-order valence-electron chi connectivity index (χ4n) is 9.53. The number of fused-ring (bicyclic) bond motifs is 2. The van der Waals surface area contributed by atoms with Crippen LogP contribution in [0.3, 0.4) is 0 Å². The van der Waals surface area contributed by atoms with E-state index >= 15 is 0 Å². The molecule has 4 aromatic heterocycles. The van der Waals surface area contributed by atoms with Gasteiger partial charge in [-0.25, -0.2) is 14.6 Å². The van der Waals surface area contributed by atoms with Gasteiger partial charge in [-0.2, -0.15) is 20.3 Å². The fraction of sp³-hybridized carbons (Fsp3) is 0.452. The number of pyridine rings is 2. The van der Waals surface area contributed by atoms with Crippen molar-refractivity contribution in [3.8, 4) is 23.6 Å². The molecule has 7 heterocycles. The summed E-state index contributed by atoms with van der Waals surface area (Å²) in [6.45, 7) is 5.12. The average molecular weight is 764 g/mol. The second kappa shape index (κ2) is 15.4. The van der Waals surface area contributed by atoms with E-state index in [1.807, 2.05) is 12.3 Å². The molecule has 15 heteroatoms. The number of nitriles is 2. The molecule has 4 fully saturated rings.